The number of sulfone groups is 1. The number of benzene rings is 2. The van der Waals surface area contributed by atoms with Crippen molar-refractivity contribution in [1.82, 2.24) is 9.88 Å². The average molecular weight is 472 g/mol. The maximum atomic E-state index is 12.7. The zero-order valence-electron chi connectivity index (χ0n) is 17.0. The standard InChI is InChI=1S/C22H21N3O5S2/c26-20(17-3-1-2-16(12-17)19-14-31-21(24-19)22(27)28)23-18-6-4-15(5-7-18)13-25-8-10-32(29,30)11-9-25/h1-7,12,14H,8-11,13H2,(H,23,26)(H,27,28). The highest BCUT2D eigenvalue weighted by atomic mass is 32.2. The SMILES string of the molecule is O=C(Nc1ccc(CN2CCS(=O)(=O)CC2)cc1)c1cccc(-c2csc(C(=O)O)n2)c1. The van der Waals surface area contributed by atoms with E-state index in [4.69, 9.17) is 5.11 Å². The predicted octanol–water partition coefficient (Wildman–Crippen LogP) is 2.99. The third kappa shape index (κ3) is 5.39. The van der Waals surface area contributed by atoms with Gasteiger partial charge in [-0.25, -0.2) is 18.2 Å². The Morgan fingerprint density at radius 2 is 1.81 bits per heavy atom. The molecule has 0 bridgehead atoms. The Hall–Kier alpha value is -3.08. The summed E-state index contributed by atoms with van der Waals surface area (Å²) in [5.41, 5.74) is 3.30. The van der Waals surface area contributed by atoms with Crippen molar-refractivity contribution in [3.8, 4) is 11.3 Å². The van der Waals surface area contributed by atoms with Gasteiger partial charge in [0, 0.05) is 41.8 Å². The number of rotatable bonds is 6. The lowest BCUT2D eigenvalue weighted by molar-refractivity contribution is 0.0696. The lowest BCUT2D eigenvalue weighted by atomic mass is 10.1. The van der Waals surface area contributed by atoms with Gasteiger partial charge in [-0.15, -0.1) is 11.3 Å². The molecule has 0 saturated carbocycles. The van der Waals surface area contributed by atoms with Crippen LogP contribution in [0.3, 0.4) is 0 Å². The van der Waals surface area contributed by atoms with Gasteiger partial charge in [-0.1, -0.05) is 24.3 Å². The molecular formula is C22H21N3O5S2. The summed E-state index contributed by atoms with van der Waals surface area (Å²) < 4.78 is 23.1. The molecule has 8 nitrogen and oxygen atoms in total. The van der Waals surface area contributed by atoms with Gasteiger partial charge < -0.3 is 10.4 Å². The molecule has 2 heterocycles. The van der Waals surface area contributed by atoms with Gasteiger partial charge in [-0.3, -0.25) is 9.69 Å². The topological polar surface area (TPSA) is 117 Å². The van der Waals surface area contributed by atoms with Crippen LogP contribution in [0, 0.1) is 0 Å². The second-order valence-corrected chi connectivity index (χ2v) is 10.7. The maximum absolute atomic E-state index is 12.7. The maximum Gasteiger partial charge on any atom is 0.365 e. The first-order valence-corrected chi connectivity index (χ1v) is 12.6. The molecule has 0 spiro atoms. The summed E-state index contributed by atoms with van der Waals surface area (Å²) in [6.45, 7) is 1.73. The van der Waals surface area contributed by atoms with Crippen LogP contribution in [0.2, 0.25) is 0 Å². The fraction of sp³-hybridized carbons (Fsp3) is 0.227. The molecule has 166 valence electrons. The average Bonchev–Trinajstić information content (AvgIpc) is 3.27. The minimum Gasteiger partial charge on any atom is -0.476 e. The van der Waals surface area contributed by atoms with Crippen molar-refractivity contribution in [2.45, 2.75) is 6.54 Å². The van der Waals surface area contributed by atoms with Crippen LogP contribution in [0.5, 0.6) is 0 Å². The van der Waals surface area contributed by atoms with Crippen LogP contribution in [0.1, 0.15) is 25.7 Å². The van der Waals surface area contributed by atoms with E-state index in [9.17, 15) is 18.0 Å². The first-order chi connectivity index (χ1) is 15.3. The number of carboxylic acid groups (broad SMARTS) is 1. The molecule has 4 rings (SSSR count). The molecule has 0 atom stereocenters. The van der Waals surface area contributed by atoms with Crippen molar-refractivity contribution < 1.29 is 23.1 Å². The van der Waals surface area contributed by atoms with Crippen molar-refractivity contribution >= 4 is 38.7 Å². The number of amides is 1. The number of nitrogens with one attached hydrogen (secondary N) is 1. The number of anilines is 1. The summed E-state index contributed by atoms with van der Waals surface area (Å²) >= 11 is 1.04. The lowest BCUT2D eigenvalue weighted by Gasteiger charge is -2.26. The molecular weight excluding hydrogens is 450 g/mol. The molecule has 3 aromatic rings. The van der Waals surface area contributed by atoms with Crippen molar-refractivity contribution in [2.24, 2.45) is 0 Å². The number of aromatic nitrogens is 1. The van der Waals surface area contributed by atoms with Gasteiger partial charge in [-0.05, 0) is 29.8 Å². The third-order valence-corrected chi connectivity index (χ3v) is 7.60. The van der Waals surface area contributed by atoms with Crippen molar-refractivity contribution in [1.29, 1.82) is 0 Å². The summed E-state index contributed by atoms with van der Waals surface area (Å²) in [5, 5.41) is 13.6. The molecule has 1 aromatic heterocycles. The van der Waals surface area contributed by atoms with Gasteiger partial charge >= 0.3 is 5.97 Å². The van der Waals surface area contributed by atoms with Gasteiger partial charge in [-0.2, -0.15) is 0 Å². The van der Waals surface area contributed by atoms with E-state index in [1.54, 1.807) is 29.6 Å². The largest absolute Gasteiger partial charge is 0.476 e. The smallest absolute Gasteiger partial charge is 0.365 e. The van der Waals surface area contributed by atoms with Gasteiger partial charge in [0.1, 0.15) is 0 Å². The molecule has 1 aliphatic heterocycles. The zero-order chi connectivity index (χ0) is 22.7. The molecule has 1 saturated heterocycles. The molecule has 10 heteroatoms. The highest BCUT2D eigenvalue weighted by Crippen LogP contribution is 2.23. The van der Waals surface area contributed by atoms with Gasteiger partial charge in [0.25, 0.3) is 5.91 Å². The number of hydrogen-bond donors (Lipinski definition) is 2. The number of thiazole rings is 1. The van der Waals surface area contributed by atoms with Crippen LogP contribution in [0.25, 0.3) is 11.3 Å². The number of carbonyl (C=O) groups excluding carboxylic acids is 1. The Morgan fingerprint density at radius 3 is 2.47 bits per heavy atom. The van der Waals surface area contributed by atoms with E-state index in [1.807, 2.05) is 24.3 Å². The van der Waals surface area contributed by atoms with Crippen LogP contribution in [-0.2, 0) is 16.4 Å². The third-order valence-electron chi connectivity index (χ3n) is 5.16. The molecule has 2 aromatic carbocycles. The molecule has 0 radical (unpaired) electrons. The quantitative estimate of drug-likeness (QED) is 0.568. The first kappa shape index (κ1) is 22.1. The van der Waals surface area contributed by atoms with Crippen molar-refractivity contribution in [2.75, 3.05) is 29.9 Å². The van der Waals surface area contributed by atoms with Crippen LogP contribution >= 0.6 is 11.3 Å². The van der Waals surface area contributed by atoms with Crippen LogP contribution < -0.4 is 5.32 Å². The molecule has 32 heavy (non-hydrogen) atoms. The van der Waals surface area contributed by atoms with Gasteiger partial charge in [0.2, 0.25) is 5.01 Å². The van der Waals surface area contributed by atoms with Crippen molar-refractivity contribution in [3.05, 3.63) is 70.0 Å². The van der Waals surface area contributed by atoms with E-state index in [0.29, 0.717) is 42.1 Å². The molecule has 1 amide bonds. The molecule has 2 N–H and O–H groups in total. The van der Waals surface area contributed by atoms with Gasteiger partial charge in [0.05, 0.1) is 17.2 Å². The number of hydrogen-bond acceptors (Lipinski definition) is 7. The van der Waals surface area contributed by atoms with Gasteiger partial charge in [0.15, 0.2) is 9.84 Å². The molecule has 1 aliphatic rings. The number of carboxylic acids is 1. The highest BCUT2D eigenvalue weighted by Gasteiger charge is 2.21. The number of carbonyl (C=O) groups is 2. The van der Waals surface area contributed by atoms with E-state index in [-0.39, 0.29) is 22.4 Å². The second kappa shape index (κ2) is 9.19. The predicted molar refractivity (Wildman–Crippen MR) is 123 cm³/mol. The zero-order valence-corrected chi connectivity index (χ0v) is 18.7. The summed E-state index contributed by atoms with van der Waals surface area (Å²) in [4.78, 5) is 29.9. The van der Waals surface area contributed by atoms with E-state index in [1.165, 1.54) is 0 Å². The Bertz CT molecular complexity index is 1240. The van der Waals surface area contributed by atoms with Crippen LogP contribution in [0.4, 0.5) is 5.69 Å². The number of aromatic carboxylic acids is 1. The van der Waals surface area contributed by atoms with E-state index in [2.05, 4.69) is 15.2 Å². The fourth-order valence-electron chi connectivity index (χ4n) is 3.39. The van der Waals surface area contributed by atoms with E-state index in [0.717, 1.165) is 16.9 Å². The highest BCUT2D eigenvalue weighted by molar-refractivity contribution is 7.91. The minimum absolute atomic E-state index is 0.00104. The summed E-state index contributed by atoms with van der Waals surface area (Å²) in [7, 11) is -2.90. The Labute approximate surface area is 189 Å². The Kier molecular flexibility index (Phi) is 6.35. The Balaban J connectivity index is 1.39. The van der Waals surface area contributed by atoms with Crippen LogP contribution in [-0.4, -0.2) is 59.9 Å². The molecule has 1 fully saturated rings. The second-order valence-electron chi connectivity index (χ2n) is 7.50. The molecule has 0 unspecified atom stereocenters. The normalized spacial score (nSPS) is 15.9. The Morgan fingerprint density at radius 1 is 1.09 bits per heavy atom. The lowest BCUT2D eigenvalue weighted by Crippen LogP contribution is -2.39. The van der Waals surface area contributed by atoms with Crippen LogP contribution in [0.15, 0.2) is 53.9 Å². The van der Waals surface area contributed by atoms with Crippen molar-refractivity contribution in [3.63, 3.8) is 0 Å². The summed E-state index contributed by atoms with van der Waals surface area (Å²) in [5.74, 6) is -0.976. The number of nitrogens with zero attached hydrogens (tertiary/aromatic N) is 2. The van der Waals surface area contributed by atoms with E-state index >= 15 is 0 Å². The summed E-state index contributed by atoms with van der Waals surface area (Å²) in [6, 6.07) is 14.3. The monoisotopic (exact) mass is 471 g/mol. The molecule has 0 aliphatic carbocycles. The fourth-order valence-corrected chi connectivity index (χ4v) is 5.33. The van der Waals surface area contributed by atoms with E-state index < -0.39 is 15.8 Å². The summed E-state index contributed by atoms with van der Waals surface area (Å²) in [6.07, 6.45) is 0. The minimum atomic E-state index is -2.90. The first-order valence-electron chi connectivity index (χ1n) is 9.91.